The van der Waals surface area contributed by atoms with E-state index in [1.807, 2.05) is 6.07 Å². The first kappa shape index (κ1) is 15.0. The summed E-state index contributed by atoms with van der Waals surface area (Å²) in [6, 6.07) is 4.84. The maximum absolute atomic E-state index is 13.1. The van der Waals surface area contributed by atoms with Gasteiger partial charge < -0.3 is 5.11 Å². The minimum absolute atomic E-state index is 0.204. The highest BCUT2D eigenvalue weighted by atomic mass is 79.9. The lowest BCUT2D eigenvalue weighted by atomic mass is 9.75. The first-order valence-electron chi connectivity index (χ1n) is 7.22. The van der Waals surface area contributed by atoms with E-state index in [1.54, 1.807) is 0 Å². The number of aliphatic hydroxyl groups is 1. The highest BCUT2D eigenvalue weighted by Gasteiger charge is 2.29. The zero-order valence-electron chi connectivity index (χ0n) is 11.4. The van der Waals surface area contributed by atoms with Crippen molar-refractivity contribution >= 4 is 15.9 Å². The molecule has 0 bridgehead atoms. The molecule has 0 amide bonds. The van der Waals surface area contributed by atoms with E-state index in [0.717, 1.165) is 41.6 Å². The van der Waals surface area contributed by atoms with Crippen molar-refractivity contribution in [3.8, 4) is 0 Å². The molecular formula is C16H22BrFO. The van der Waals surface area contributed by atoms with Gasteiger partial charge in [-0.05, 0) is 55.2 Å². The number of hydrogen-bond donors (Lipinski definition) is 1. The molecule has 1 nitrogen and oxygen atoms in total. The summed E-state index contributed by atoms with van der Waals surface area (Å²) in [7, 11) is 0. The molecule has 0 spiro atoms. The fraction of sp³-hybridized carbons (Fsp3) is 0.625. The first-order valence-corrected chi connectivity index (χ1v) is 8.01. The quantitative estimate of drug-likeness (QED) is 0.848. The van der Waals surface area contributed by atoms with Crippen LogP contribution in [0.3, 0.4) is 0 Å². The molecule has 0 heterocycles. The third-order valence-corrected chi connectivity index (χ3v) is 4.98. The second-order valence-electron chi connectivity index (χ2n) is 5.74. The summed E-state index contributed by atoms with van der Waals surface area (Å²) in [6.45, 7) is 2.22. The molecule has 1 aliphatic carbocycles. The van der Waals surface area contributed by atoms with E-state index in [4.69, 9.17) is 0 Å². The zero-order valence-corrected chi connectivity index (χ0v) is 13.0. The lowest BCUT2D eigenvalue weighted by molar-refractivity contribution is 0.0462. The number of aliphatic hydroxyl groups excluding tert-OH is 1. The van der Waals surface area contributed by atoms with E-state index in [2.05, 4.69) is 22.9 Å². The van der Waals surface area contributed by atoms with Crippen LogP contribution in [0, 0.1) is 17.7 Å². The van der Waals surface area contributed by atoms with Crippen LogP contribution in [0.25, 0.3) is 0 Å². The Bertz CT molecular complexity index is 421. The summed E-state index contributed by atoms with van der Waals surface area (Å²) < 4.78 is 13.9. The molecule has 106 valence electrons. The van der Waals surface area contributed by atoms with E-state index >= 15 is 0 Å². The van der Waals surface area contributed by atoms with Crippen LogP contribution < -0.4 is 0 Å². The topological polar surface area (TPSA) is 20.2 Å². The van der Waals surface area contributed by atoms with Gasteiger partial charge in [0.05, 0.1) is 6.10 Å². The predicted molar refractivity (Wildman–Crippen MR) is 79.5 cm³/mol. The third-order valence-electron chi connectivity index (χ3n) is 4.25. The van der Waals surface area contributed by atoms with Crippen LogP contribution in [0.4, 0.5) is 4.39 Å². The summed E-state index contributed by atoms with van der Waals surface area (Å²) in [5.74, 6) is 0.841. The minimum atomic E-state index is -0.219. The standard InChI is InChI=1S/C16H22BrFO/c1-2-3-11-4-7-16(19)13(8-11)9-12-5-6-14(18)10-15(12)17/h5-6,10-11,13,16,19H,2-4,7-9H2,1H3. The van der Waals surface area contributed by atoms with E-state index in [-0.39, 0.29) is 11.9 Å². The second kappa shape index (κ2) is 6.85. The van der Waals surface area contributed by atoms with Crippen molar-refractivity contribution in [1.82, 2.24) is 0 Å². The highest BCUT2D eigenvalue weighted by molar-refractivity contribution is 9.10. The maximum Gasteiger partial charge on any atom is 0.124 e. The predicted octanol–water partition coefficient (Wildman–Crippen LogP) is 4.71. The van der Waals surface area contributed by atoms with Crippen molar-refractivity contribution in [2.45, 2.75) is 51.6 Å². The van der Waals surface area contributed by atoms with Crippen LogP contribution in [0.5, 0.6) is 0 Å². The Morgan fingerprint density at radius 2 is 2.16 bits per heavy atom. The molecule has 1 N–H and O–H groups in total. The lowest BCUT2D eigenvalue weighted by Gasteiger charge is -2.33. The minimum Gasteiger partial charge on any atom is -0.393 e. The average Bonchev–Trinajstić information content (AvgIpc) is 2.37. The fourth-order valence-corrected chi connectivity index (χ4v) is 3.72. The normalized spacial score (nSPS) is 27.5. The molecule has 0 radical (unpaired) electrons. The van der Waals surface area contributed by atoms with Crippen molar-refractivity contribution < 1.29 is 9.50 Å². The monoisotopic (exact) mass is 328 g/mol. The van der Waals surface area contributed by atoms with Crippen LogP contribution in [0.15, 0.2) is 22.7 Å². The van der Waals surface area contributed by atoms with Gasteiger partial charge in [-0.25, -0.2) is 4.39 Å². The van der Waals surface area contributed by atoms with Crippen LogP contribution in [-0.2, 0) is 6.42 Å². The molecular weight excluding hydrogens is 307 g/mol. The number of rotatable bonds is 4. The van der Waals surface area contributed by atoms with E-state index in [1.165, 1.54) is 25.0 Å². The van der Waals surface area contributed by atoms with Gasteiger partial charge in [-0.15, -0.1) is 0 Å². The Morgan fingerprint density at radius 1 is 1.37 bits per heavy atom. The third kappa shape index (κ3) is 4.03. The van der Waals surface area contributed by atoms with Gasteiger partial charge >= 0.3 is 0 Å². The summed E-state index contributed by atoms with van der Waals surface area (Å²) in [5.41, 5.74) is 1.10. The molecule has 1 aromatic carbocycles. The molecule has 0 aliphatic heterocycles. The first-order chi connectivity index (χ1) is 9.10. The molecule has 3 heteroatoms. The SMILES string of the molecule is CCCC1CCC(O)C(Cc2ccc(F)cc2Br)C1. The molecule has 1 saturated carbocycles. The summed E-state index contributed by atoms with van der Waals surface area (Å²) >= 11 is 3.42. The van der Waals surface area contributed by atoms with Crippen molar-refractivity contribution in [2.24, 2.45) is 11.8 Å². The number of hydrogen-bond acceptors (Lipinski definition) is 1. The lowest BCUT2D eigenvalue weighted by Crippen LogP contribution is -2.30. The Kier molecular flexibility index (Phi) is 5.40. The van der Waals surface area contributed by atoms with Crippen LogP contribution in [0.1, 0.15) is 44.6 Å². The van der Waals surface area contributed by atoms with Gasteiger partial charge in [0.2, 0.25) is 0 Å². The van der Waals surface area contributed by atoms with Crippen molar-refractivity contribution in [3.05, 3.63) is 34.1 Å². The van der Waals surface area contributed by atoms with Crippen molar-refractivity contribution in [2.75, 3.05) is 0 Å². The zero-order chi connectivity index (χ0) is 13.8. The molecule has 0 aromatic heterocycles. The average molecular weight is 329 g/mol. The van der Waals surface area contributed by atoms with Gasteiger partial charge in [-0.2, -0.15) is 0 Å². The summed E-state index contributed by atoms with van der Waals surface area (Å²) in [5, 5.41) is 10.2. The second-order valence-corrected chi connectivity index (χ2v) is 6.59. The van der Waals surface area contributed by atoms with Gasteiger partial charge in [0.1, 0.15) is 5.82 Å². The molecule has 1 aliphatic rings. The Balaban J connectivity index is 2.03. The van der Waals surface area contributed by atoms with E-state index in [9.17, 15) is 9.50 Å². The van der Waals surface area contributed by atoms with Crippen LogP contribution in [-0.4, -0.2) is 11.2 Å². The van der Waals surface area contributed by atoms with E-state index in [0.29, 0.717) is 5.92 Å². The van der Waals surface area contributed by atoms with Gasteiger partial charge in [0.15, 0.2) is 0 Å². The number of benzene rings is 1. The summed E-state index contributed by atoms with van der Waals surface area (Å²) in [4.78, 5) is 0. The molecule has 19 heavy (non-hydrogen) atoms. The van der Waals surface area contributed by atoms with E-state index < -0.39 is 0 Å². The Labute approximate surface area is 123 Å². The Morgan fingerprint density at radius 3 is 2.84 bits per heavy atom. The van der Waals surface area contributed by atoms with Crippen LogP contribution in [0.2, 0.25) is 0 Å². The fourth-order valence-electron chi connectivity index (χ4n) is 3.20. The van der Waals surface area contributed by atoms with Gasteiger partial charge in [0.25, 0.3) is 0 Å². The molecule has 1 fully saturated rings. The van der Waals surface area contributed by atoms with Crippen molar-refractivity contribution in [1.29, 1.82) is 0 Å². The Hall–Kier alpha value is -0.410. The molecule has 3 atom stereocenters. The largest absolute Gasteiger partial charge is 0.393 e. The molecule has 0 saturated heterocycles. The summed E-state index contributed by atoms with van der Waals surface area (Å²) in [6.07, 6.45) is 6.26. The molecule has 1 aromatic rings. The van der Waals surface area contributed by atoms with Gasteiger partial charge in [-0.3, -0.25) is 0 Å². The van der Waals surface area contributed by atoms with Gasteiger partial charge in [0, 0.05) is 4.47 Å². The molecule has 3 unspecified atom stereocenters. The van der Waals surface area contributed by atoms with Crippen molar-refractivity contribution in [3.63, 3.8) is 0 Å². The van der Waals surface area contributed by atoms with Crippen LogP contribution >= 0.6 is 15.9 Å². The maximum atomic E-state index is 13.1. The molecule has 2 rings (SSSR count). The smallest absolute Gasteiger partial charge is 0.124 e. The number of halogens is 2. The van der Waals surface area contributed by atoms with Gasteiger partial charge in [-0.1, -0.05) is 41.8 Å². The highest BCUT2D eigenvalue weighted by Crippen LogP contribution is 2.35.